The zero-order valence-corrected chi connectivity index (χ0v) is 28.4. The molecule has 4 saturated heterocycles. The van der Waals surface area contributed by atoms with Crippen LogP contribution in [0.25, 0.3) is 22.3 Å². The molecule has 6 aliphatic rings. The summed E-state index contributed by atoms with van der Waals surface area (Å²) in [5.74, 6) is 0.813. The van der Waals surface area contributed by atoms with Crippen molar-refractivity contribution in [2.75, 3.05) is 36.9 Å². The lowest BCUT2D eigenvalue weighted by atomic mass is 10.1. The summed E-state index contributed by atoms with van der Waals surface area (Å²) in [5, 5.41) is 9.89. The first-order valence-electron chi connectivity index (χ1n) is 15.0. The van der Waals surface area contributed by atoms with E-state index in [0.717, 1.165) is 0 Å². The summed E-state index contributed by atoms with van der Waals surface area (Å²) in [6.07, 6.45) is -7.49. The molecule has 0 saturated carbocycles. The number of nitrogens with one attached hydrogen (secondary N) is 3. The molecule has 262 valence electrons. The van der Waals surface area contributed by atoms with Gasteiger partial charge in [0, 0.05) is 25.2 Å². The predicted molar refractivity (Wildman–Crippen MR) is 171 cm³/mol. The van der Waals surface area contributed by atoms with Crippen LogP contribution < -0.4 is 16.0 Å². The van der Waals surface area contributed by atoms with E-state index in [2.05, 4.69) is 70.4 Å². The van der Waals surface area contributed by atoms with Gasteiger partial charge in [-0.2, -0.15) is 0 Å². The van der Waals surface area contributed by atoms with Crippen LogP contribution in [0.15, 0.2) is 25.3 Å². The number of ether oxygens (including phenoxy) is 2. The van der Waals surface area contributed by atoms with Crippen molar-refractivity contribution in [3.05, 3.63) is 25.3 Å². The van der Waals surface area contributed by atoms with Gasteiger partial charge in [-0.05, 0) is 0 Å². The summed E-state index contributed by atoms with van der Waals surface area (Å²) >= 11 is 8.12. The summed E-state index contributed by atoms with van der Waals surface area (Å²) < 4.78 is 96.4. The van der Waals surface area contributed by atoms with Crippen LogP contribution >= 0.6 is 38.1 Å². The lowest BCUT2D eigenvalue weighted by Gasteiger charge is -2.28. The van der Waals surface area contributed by atoms with Gasteiger partial charge in [0.2, 0.25) is 0 Å². The average molecular weight is 762 g/mol. The van der Waals surface area contributed by atoms with E-state index in [-0.39, 0.29) is 23.4 Å². The van der Waals surface area contributed by atoms with Crippen LogP contribution in [0.4, 0.5) is 20.4 Å². The van der Waals surface area contributed by atoms with Gasteiger partial charge in [-0.3, -0.25) is 27.2 Å². The Labute approximate surface area is 284 Å². The van der Waals surface area contributed by atoms with E-state index in [1.807, 2.05) is 0 Å². The second-order valence-electron chi connectivity index (χ2n) is 11.9. The minimum atomic E-state index is -4.39. The van der Waals surface area contributed by atoms with Crippen molar-refractivity contribution in [3.8, 4) is 0 Å². The van der Waals surface area contributed by atoms with Crippen molar-refractivity contribution >= 4 is 72.1 Å². The van der Waals surface area contributed by atoms with Crippen LogP contribution in [0.2, 0.25) is 0 Å². The maximum atomic E-state index is 16.3. The number of halogens is 2. The van der Waals surface area contributed by atoms with E-state index < -0.39 is 76.0 Å². The molecule has 0 radical (unpaired) electrons. The summed E-state index contributed by atoms with van der Waals surface area (Å²) in [6, 6.07) is 0.125. The van der Waals surface area contributed by atoms with Crippen molar-refractivity contribution in [3.63, 3.8) is 0 Å². The molecule has 0 spiro atoms. The van der Waals surface area contributed by atoms with E-state index in [1.54, 1.807) is 0 Å². The molecule has 4 aromatic heterocycles. The SMILES string of the molecule is O=[P@]1(S)OC[C@H]2O[C@@H]3[C@H](F)[C@@H]2O[P@](=O)(S)OCC2OC([C@H](F)[C@@H]2O1)n1cnc2c(ncnc21)NCC1NC1CNc1ncnc2c1ncn23. The molecule has 4 aromatic rings. The molecule has 12 atom stereocenters. The number of hydrogen-bond acceptors (Lipinski definition) is 17. The number of thiol groups is 2. The summed E-state index contributed by atoms with van der Waals surface area (Å²) in [4.78, 5) is 26.0. The Bertz CT molecular complexity index is 1890. The lowest BCUT2D eigenvalue weighted by molar-refractivity contribution is -0.0544. The van der Waals surface area contributed by atoms with E-state index >= 15 is 8.78 Å². The molecule has 3 N–H and O–H groups in total. The molecule has 14 bridgehead atoms. The maximum Gasteiger partial charge on any atom is 0.386 e. The van der Waals surface area contributed by atoms with E-state index in [0.29, 0.717) is 35.8 Å². The van der Waals surface area contributed by atoms with Gasteiger partial charge in [0.05, 0.1) is 25.9 Å². The fraction of sp³-hybridized carbons (Fsp3) is 0.583. The maximum absolute atomic E-state index is 16.3. The molecule has 25 heteroatoms. The van der Waals surface area contributed by atoms with Gasteiger partial charge in [0.1, 0.15) is 37.1 Å². The lowest BCUT2D eigenvalue weighted by Crippen LogP contribution is -2.36. The Balaban J connectivity index is 1.12. The Morgan fingerprint density at radius 2 is 1.16 bits per heavy atom. The van der Waals surface area contributed by atoms with Crippen LogP contribution in [-0.2, 0) is 36.7 Å². The number of anilines is 2. The van der Waals surface area contributed by atoms with Crippen molar-refractivity contribution < 1.29 is 45.5 Å². The number of imidazole rings is 2. The molecule has 4 fully saturated rings. The molecule has 0 aromatic carbocycles. The molecule has 49 heavy (non-hydrogen) atoms. The minimum Gasteiger partial charge on any atom is -0.366 e. The third kappa shape index (κ3) is 5.81. The predicted octanol–water partition coefficient (Wildman–Crippen LogP) is 2.21. The van der Waals surface area contributed by atoms with E-state index in [1.165, 1.54) is 34.4 Å². The largest absolute Gasteiger partial charge is 0.386 e. The number of rotatable bonds is 0. The number of aromatic nitrogens is 8. The normalized spacial score (nSPS) is 40.8. The van der Waals surface area contributed by atoms with Gasteiger partial charge in [0.25, 0.3) is 0 Å². The zero-order chi connectivity index (χ0) is 33.7. The zero-order valence-electron chi connectivity index (χ0n) is 24.8. The summed E-state index contributed by atoms with van der Waals surface area (Å²) in [7, 11) is 0. The van der Waals surface area contributed by atoms with Gasteiger partial charge >= 0.3 is 13.6 Å². The van der Waals surface area contributed by atoms with Crippen molar-refractivity contribution in [2.45, 2.75) is 61.3 Å². The van der Waals surface area contributed by atoms with Crippen LogP contribution in [0.1, 0.15) is 12.5 Å². The molecule has 4 unspecified atom stereocenters. The van der Waals surface area contributed by atoms with Gasteiger partial charge in [0.15, 0.2) is 58.8 Å². The topological polar surface area (TPSA) is 223 Å². The number of hydrogen-bond donors (Lipinski definition) is 5. The Morgan fingerprint density at radius 3 is 1.61 bits per heavy atom. The molecule has 10 heterocycles. The molecular formula is C24H27F2N11O8P2S2. The summed E-state index contributed by atoms with van der Waals surface area (Å²) in [5.41, 5.74) is 1.14. The second-order valence-corrected chi connectivity index (χ2v) is 17.7. The first kappa shape index (κ1) is 32.4. The Kier molecular flexibility index (Phi) is 7.93. The van der Waals surface area contributed by atoms with Crippen molar-refractivity contribution in [1.29, 1.82) is 0 Å². The minimum absolute atomic E-state index is 0.0626. The van der Waals surface area contributed by atoms with Gasteiger partial charge < -0.3 is 25.4 Å². The van der Waals surface area contributed by atoms with Crippen LogP contribution in [-0.4, -0.2) is 114 Å². The fourth-order valence-corrected chi connectivity index (χ4v) is 9.39. The highest BCUT2D eigenvalue weighted by Crippen LogP contribution is 2.60. The quantitative estimate of drug-likeness (QED) is 0.0984. The highest BCUT2D eigenvalue weighted by molar-refractivity contribution is 8.44. The van der Waals surface area contributed by atoms with Crippen molar-refractivity contribution in [2.24, 2.45) is 0 Å². The average Bonchev–Trinajstić information content (AvgIpc) is 3.34. The monoisotopic (exact) mass is 761 g/mol. The first-order valence-corrected chi connectivity index (χ1v) is 20.4. The smallest absolute Gasteiger partial charge is 0.366 e. The number of nitrogens with zero attached hydrogens (tertiary/aromatic N) is 8. The van der Waals surface area contributed by atoms with Gasteiger partial charge in [-0.1, -0.05) is 24.5 Å². The third-order valence-electron chi connectivity index (χ3n) is 8.90. The standard InChI is InChI=1S/C24H27F2N11O8P2S2/c25-13-17-11-3-40-47(39,49)45-18-12(4-41-46(38,48)44-17)43-24(14(18)26)37-8-34-16-20(30-6-32-22(16)37)28-2-10-9(35-10)1-27-19-15-21(31-5-29-19)36(7-33-15)23(13)42-11/h5-14,17-18,23-24,35H,1-4H2,(H,38,48)(H,39,49)(H,27,29,31)(H,28,30,32)/t9?,10?,11-,12?,13-,14-,17-,18-,23-,24?,46-,47+/m1/s1. The number of fused-ring (bicyclic) bond motifs is 8. The molecule has 10 rings (SSSR count). The molecule has 0 amide bonds. The Hall–Kier alpha value is -2.56. The Morgan fingerprint density at radius 1 is 0.714 bits per heavy atom. The molecular weight excluding hydrogens is 734 g/mol. The summed E-state index contributed by atoms with van der Waals surface area (Å²) in [6.45, 7) is -9.08. The first-order chi connectivity index (χ1) is 23.6. The van der Waals surface area contributed by atoms with Crippen molar-refractivity contribution in [1.82, 2.24) is 44.4 Å². The van der Waals surface area contributed by atoms with Gasteiger partial charge in [-0.25, -0.2) is 47.8 Å². The van der Waals surface area contributed by atoms with Crippen LogP contribution in [0, 0.1) is 0 Å². The highest BCUT2D eigenvalue weighted by atomic mass is 32.7. The van der Waals surface area contributed by atoms with E-state index in [9.17, 15) is 9.13 Å². The van der Waals surface area contributed by atoms with Crippen LogP contribution in [0.5, 0.6) is 0 Å². The van der Waals surface area contributed by atoms with Crippen LogP contribution in [0.3, 0.4) is 0 Å². The van der Waals surface area contributed by atoms with E-state index in [4.69, 9.17) is 27.6 Å². The molecule has 19 nitrogen and oxygen atoms in total. The number of alkyl halides is 2. The fourth-order valence-electron chi connectivity index (χ4n) is 6.43. The molecule has 6 aliphatic heterocycles. The third-order valence-corrected chi connectivity index (χ3v) is 12.1. The second kappa shape index (κ2) is 12.0. The van der Waals surface area contributed by atoms with Gasteiger partial charge in [-0.15, -0.1) is 0 Å². The highest BCUT2D eigenvalue weighted by Gasteiger charge is 2.54. The molecule has 0 aliphatic carbocycles.